The van der Waals surface area contributed by atoms with E-state index in [1.807, 2.05) is 0 Å². The normalized spacial score (nSPS) is 10.6. The second-order valence-electron chi connectivity index (χ2n) is 4.56. The van der Waals surface area contributed by atoms with Gasteiger partial charge in [-0.2, -0.15) is 0 Å². The van der Waals surface area contributed by atoms with Crippen molar-refractivity contribution < 1.29 is 23.0 Å². The van der Waals surface area contributed by atoms with Crippen LogP contribution in [0.2, 0.25) is 0 Å². The first-order chi connectivity index (χ1) is 11.0. The molecule has 1 aromatic heterocycles. The van der Waals surface area contributed by atoms with Crippen LogP contribution in [0.25, 0.3) is 0 Å². The molecule has 23 heavy (non-hydrogen) atoms. The molecule has 0 aliphatic carbocycles. The maximum Gasteiger partial charge on any atom is 0.280 e. The maximum atomic E-state index is 12.8. The highest BCUT2D eigenvalue weighted by molar-refractivity contribution is 5.66. The van der Waals surface area contributed by atoms with E-state index in [0.29, 0.717) is 22.9 Å². The molecule has 0 bridgehead atoms. The number of nitrogens with one attached hydrogen (secondary N) is 1. The molecule has 1 N–H and O–H groups in total. The van der Waals surface area contributed by atoms with Crippen LogP contribution in [0.4, 0.5) is 20.3 Å². The Bertz CT molecular complexity index is 671. The Balaban J connectivity index is 2.40. The van der Waals surface area contributed by atoms with Gasteiger partial charge in [-0.25, -0.2) is 18.7 Å². The number of nitrogens with zero attached hydrogens (tertiary/aromatic N) is 2. The molecule has 124 valence electrons. The minimum Gasteiger partial charge on any atom is -0.493 e. The fraction of sp³-hybridized carbons (Fsp3) is 0.333. The summed E-state index contributed by atoms with van der Waals surface area (Å²) >= 11 is 0. The molecule has 0 saturated carbocycles. The van der Waals surface area contributed by atoms with Crippen LogP contribution >= 0.6 is 0 Å². The second kappa shape index (κ2) is 7.08. The minimum absolute atomic E-state index is 0.248. The third kappa shape index (κ3) is 3.77. The summed E-state index contributed by atoms with van der Waals surface area (Å²) in [6.45, 7) is 1.55. The van der Waals surface area contributed by atoms with Gasteiger partial charge in [-0.15, -0.1) is 0 Å². The predicted molar refractivity (Wildman–Crippen MR) is 81.1 cm³/mol. The lowest BCUT2D eigenvalue weighted by Gasteiger charge is -2.15. The average Bonchev–Trinajstić information content (AvgIpc) is 2.53. The van der Waals surface area contributed by atoms with Crippen LogP contribution in [0.5, 0.6) is 17.2 Å². The average molecular weight is 325 g/mol. The predicted octanol–water partition coefficient (Wildman–Crippen LogP) is 3.49. The number of hydrogen-bond acceptors (Lipinski definition) is 6. The molecular weight excluding hydrogens is 308 g/mol. The Morgan fingerprint density at radius 2 is 1.57 bits per heavy atom. The van der Waals surface area contributed by atoms with E-state index < -0.39 is 6.43 Å². The van der Waals surface area contributed by atoms with Crippen LogP contribution in [0.15, 0.2) is 18.2 Å². The molecule has 0 atom stereocenters. The van der Waals surface area contributed by atoms with Gasteiger partial charge in [0, 0.05) is 23.9 Å². The summed E-state index contributed by atoms with van der Waals surface area (Å²) in [5.41, 5.74) is 0.213. The minimum atomic E-state index is -2.67. The van der Waals surface area contributed by atoms with Crippen molar-refractivity contribution in [1.82, 2.24) is 9.97 Å². The SMILES string of the molecule is COc1cc(Nc2cc(C(F)F)nc(C)n2)cc(OC)c1OC. The van der Waals surface area contributed by atoms with E-state index in [9.17, 15) is 8.78 Å². The lowest BCUT2D eigenvalue weighted by Crippen LogP contribution is -2.02. The van der Waals surface area contributed by atoms with Gasteiger partial charge in [-0.05, 0) is 6.92 Å². The van der Waals surface area contributed by atoms with Crippen molar-refractivity contribution in [2.24, 2.45) is 0 Å². The standard InChI is InChI=1S/C15H17F2N3O3/c1-8-18-10(15(16)17)7-13(19-8)20-9-5-11(21-2)14(23-4)12(6-9)22-3/h5-7,15H,1-4H3,(H,18,19,20). The smallest absolute Gasteiger partial charge is 0.280 e. The number of alkyl halides is 2. The van der Waals surface area contributed by atoms with Crippen LogP contribution in [0, 0.1) is 6.92 Å². The highest BCUT2D eigenvalue weighted by atomic mass is 19.3. The monoisotopic (exact) mass is 325 g/mol. The number of aryl methyl sites for hydroxylation is 1. The summed E-state index contributed by atoms with van der Waals surface area (Å²) < 4.78 is 41.4. The highest BCUT2D eigenvalue weighted by Gasteiger charge is 2.15. The molecule has 0 amide bonds. The zero-order valence-electron chi connectivity index (χ0n) is 13.2. The number of halogens is 2. The van der Waals surface area contributed by atoms with Gasteiger partial charge in [0.05, 0.1) is 21.3 Å². The summed E-state index contributed by atoms with van der Waals surface area (Å²) in [5.74, 6) is 1.82. The van der Waals surface area contributed by atoms with Gasteiger partial charge >= 0.3 is 0 Å². The Kier molecular flexibility index (Phi) is 5.15. The number of rotatable bonds is 6. The molecule has 2 aromatic rings. The van der Waals surface area contributed by atoms with Gasteiger partial charge < -0.3 is 19.5 Å². The largest absolute Gasteiger partial charge is 0.493 e. The van der Waals surface area contributed by atoms with Crippen LogP contribution < -0.4 is 19.5 Å². The van der Waals surface area contributed by atoms with Crippen molar-refractivity contribution in [2.75, 3.05) is 26.6 Å². The first kappa shape index (κ1) is 16.7. The van der Waals surface area contributed by atoms with E-state index in [1.54, 1.807) is 19.1 Å². The molecule has 0 radical (unpaired) electrons. The van der Waals surface area contributed by atoms with Gasteiger partial charge in [0.25, 0.3) is 6.43 Å². The summed E-state index contributed by atoms with van der Waals surface area (Å²) in [6.07, 6.45) is -2.67. The van der Waals surface area contributed by atoms with Crippen molar-refractivity contribution in [3.63, 3.8) is 0 Å². The van der Waals surface area contributed by atoms with E-state index in [-0.39, 0.29) is 17.3 Å². The zero-order valence-corrected chi connectivity index (χ0v) is 13.2. The molecule has 0 unspecified atom stereocenters. The van der Waals surface area contributed by atoms with Gasteiger partial charge in [-0.3, -0.25) is 0 Å². The zero-order chi connectivity index (χ0) is 17.0. The third-order valence-corrected chi connectivity index (χ3v) is 3.02. The molecule has 0 saturated heterocycles. The summed E-state index contributed by atoms with van der Waals surface area (Å²) in [6, 6.07) is 4.50. The molecule has 1 heterocycles. The van der Waals surface area contributed by atoms with Crippen molar-refractivity contribution in [2.45, 2.75) is 13.3 Å². The fourth-order valence-electron chi connectivity index (χ4n) is 2.07. The van der Waals surface area contributed by atoms with Gasteiger partial charge in [-0.1, -0.05) is 0 Å². The van der Waals surface area contributed by atoms with Crippen LogP contribution in [-0.4, -0.2) is 31.3 Å². The maximum absolute atomic E-state index is 12.8. The van der Waals surface area contributed by atoms with Gasteiger partial charge in [0.1, 0.15) is 17.3 Å². The lowest BCUT2D eigenvalue weighted by molar-refractivity contribution is 0.145. The second-order valence-corrected chi connectivity index (χ2v) is 4.56. The Labute approximate surface area is 132 Å². The Morgan fingerprint density at radius 3 is 2.04 bits per heavy atom. The molecule has 0 fully saturated rings. The van der Waals surface area contributed by atoms with E-state index >= 15 is 0 Å². The quantitative estimate of drug-likeness (QED) is 0.877. The fourth-order valence-corrected chi connectivity index (χ4v) is 2.07. The molecule has 0 aliphatic rings. The van der Waals surface area contributed by atoms with Crippen molar-refractivity contribution in [1.29, 1.82) is 0 Å². The highest BCUT2D eigenvalue weighted by Crippen LogP contribution is 2.40. The van der Waals surface area contributed by atoms with E-state index in [1.165, 1.54) is 27.4 Å². The molecule has 8 heteroatoms. The Morgan fingerprint density at radius 1 is 0.957 bits per heavy atom. The molecule has 0 aliphatic heterocycles. The van der Waals surface area contributed by atoms with Gasteiger partial charge in [0.2, 0.25) is 5.75 Å². The van der Waals surface area contributed by atoms with Crippen molar-refractivity contribution >= 4 is 11.5 Å². The summed E-state index contributed by atoms with van der Waals surface area (Å²) in [7, 11) is 4.48. The first-order valence-corrected chi connectivity index (χ1v) is 6.69. The summed E-state index contributed by atoms with van der Waals surface area (Å²) in [5, 5.41) is 2.94. The van der Waals surface area contributed by atoms with Gasteiger partial charge in [0.15, 0.2) is 11.5 Å². The van der Waals surface area contributed by atoms with Crippen molar-refractivity contribution in [3.8, 4) is 17.2 Å². The van der Waals surface area contributed by atoms with E-state index in [4.69, 9.17) is 14.2 Å². The Hall–Kier alpha value is -2.64. The van der Waals surface area contributed by atoms with E-state index in [2.05, 4.69) is 15.3 Å². The lowest BCUT2D eigenvalue weighted by atomic mass is 10.2. The number of anilines is 2. The molecular formula is C15H17F2N3O3. The van der Waals surface area contributed by atoms with E-state index in [0.717, 1.165) is 0 Å². The third-order valence-electron chi connectivity index (χ3n) is 3.02. The number of ether oxygens (including phenoxy) is 3. The topological polar surface area (TPSA) is 65.5 Å². The number of benzene rings is 1. The number of methoxy groups -OCH3 is 3. The molecule has 6 nitrogen and oxygen atoms in total. The molecule has 0 spiro atoms. The van der Waals surface area contributed by atoms with Crippen LogP contribution in [-0.2, 0) is 0 Å². The van der Waals surface area contributed by atoms with Crippen LogP contribution in [0.1, 0.15) is 17.9 Å². The van der Waals surface area contributed by atoms with Crippen LogP contribution in [0.3, 0.4) is 0 Å². The molecule has 2 rings (SSSR count). The van der Waals surface area contributed by atoms with Crippen molar-refractivity contribution in [3.05, 3.63) is 29.7 Å². The number of aromatic nitrogens is 2. The first-order valence-electron chi connectivity index (χ1n) is 6.69. The molecule has 1 aromatic carbocycles. The summed E-state index contributed by atoms with van der Waals surface area (Å²) in [4.78, 5) is 7.80. The number of hydrogen-bond donors (Lipinski definition) is 1.